The number of rotatable bonds is 2. The van der Waals surface area contributed by atoms with Crippen LogP contribution in [0, 0.1) is 5.82 Å². The lowest BCUT2D eigenvalue weighted by Crippen LogP contribution is -2.42. The summed E-state index contributed by atoms with van der Waals surface area (Å²) >= 11 is 1.71. The third kappa shape index (κ3) is 4.27. The molecule has 1 aliphatic rings. The van der Waals surface area contributed by atoms with E-state index in [4.69, 9.17) is 10.5 Å². The number of pyridine rings is 1. The van der Waals surface area contributed by atoms with E-state index in [0.29, 0.717) is 13.1 Å². The van der Waals surface area contributed by atoms with Crippen LogP contribution in [-0.2, 0) is 4.74 Å². The fourth-order valence-corrected chi connectivity index (χ4v) is 3.76. The Hall–Kier alpha value is -2.29. The van der Waals surface area contributed by atoms with E-state index in [2.05, 4.69) is 9.97 Å². The maximum Gasteiger partial charge on any atom is 0.410 e. The highest BCUT2D eigenvalue weighted by Crippen LogP contribution is 2.33. The first kappa shape index (κ1) is 18.5. The summed E-state index contributed by atoms with van der Waals surface area (Å²) in [6.45, 7) is 6.66. The lowest BCUT2D eigenvalue weighted by molar-refractivity contribution is 0.0256. The first-order valence-corrected chi connectivity index (χ1v) is 9.32. The molecule has 2 aromatic heterocycles. The Bertz CT molecular complexity index is 805. The van der Waals surface area contributed by atoms with Crippen LogP contribution in [0.1, 0.15) is 31.7 Å². The van der Waals surface area contributed by atoms with Crippen LogP contribution in [0.4, 0.5) is 14.9 Å². The van der Waals surface area contributed by atoms with Crippen LogP contribution in [0.25, 0.3) is 5.82 Å². The van der Waals surface area contributed by atoms with Crippen molar-refractivity contribution in [3.05, 3.63) is 36.3 Å². The van der Waals surface area contributed by atoms with Gasteiger partial charge in [0.2, 0.25) is 0 Å². The number of amides is 1. The molecule has 0 radical (unpaired) electrons. The molecule has 1 aliphatic heterocycles. The zero-order valence-corrected chi connectivity index (χ0v) is 15.8. The summed E-state index contributed by atoms with van der Waals surface area (Å²) in [5.41, 5.74) is 6.04. The highest BCUT2D eigenvalue weighted by Gasteiger charge is 2.30. The van der Waals surface area contributed by atoms with Crippen LogP contribution in [0.5, 0.6) is 0 Å². The van der Waals surface area contributed by atoms with Gasteiger partial charge in [-0.15, -0.1) is 11.8 Å². The van der Waals surface area contributed by atoms with Gasteiger partial charge in [0.15, 0.2) is 11.6 Å². The average Bonchev–Trinajstić information content (AvgIpc) is 3.03. The molecule has 1 fully saturated rings. The normalized spacial score (nSPS) is 18.0. The van der Waals surface area contributed by atoms with E-state index >= 15 is 0 Å². The standard InChI is InChI=1S/C17H22FN5O2S/c1-17(2,3)25-16(24)22-4-5-26-14(9-22)13-8-23(10-21-13)15-12(18)6-11(19)7-20-15/h6-8,10,14H,4-5,9,19H2,1-3H3. The van der Waals surface area contributed by atoms with Crippen molar-refractivity contribution in [1.82, 2.24) is 19.4 Å². The second kappa shape index (κ2) is 7.14. The van der Waals surface area contributed by atoms with Crippen molar-refractivity contribution in [1.29, 1.82) is 0 Å². The van der Waals surface area contributed by atoms with Crippen LogP contribution in [0.2, 0.25) is 0 Å². The smallest absolute Gasteiger partial charge is 0.410 e. The first-order chi connectivity index (χ1) is 12.2. The number of nitrogens with zero attached hydrogens (tertiary/aromatic N) is 4. The number of aromatic nitrogens is 3. The largest absolute Gasteiger partial charge is 0.444 e. The second-order valence-electron chi connectivity index (χ2n) is 7.07. The first-order valence-electron chi connectivity index (χ1n) is 8.28. The molecule has 1 amide bonds. The molecule has 0 aromatic carbocycles. The fourth-order valence-electron chi connectivity index (χ4n) is 2.58. The van der Waals surface area contributed by atoms with E-state index in [1.165, 1.54) is 23.2 Å². The number of imidazole rings is 1. The Labute approximate surface area is 155 Å². The van der Waals surface area contributed by atoms with Crippen molar-refractivity contribution in [2.75, 3.05) is 24.6 Å². The summed E-state index contributed by atoms with van der Waals surface area (Å²) in [5, 5.41) is -0.00522. The SMILES string of the molecule is CC(C)(C)OC(=O)N1CCSC(c2cn(-c3ncc(N)cc3F)cn2)C1. The van der Waals surface area contributed by atoms with Gasteiger partial charge < -0.3 is 15.4 Å². The minimum absolute atomic E-state index is 0.00522. The maximum absolute atomic E-state index is 14.0. The number of nitrogen functional groups attached to an aromatic ring is 1. The summed E-state index contributed by atoms with van der Waals surface area (Å²) in [6, 6.07) is 1.22. The minimum Gasteiger partial charge on any atom is -0.444 e. The Kier molecular flexibility index (Phi) is 5.08. The van der Waals surface area contributed by atoms with E-state index in [1.54, 1.807) is 22.9 Å². The van der Waals surface area contributed by atoms with Crippen LogP contribution < -0.4 is 5.73 Å². The Balaban J connectivity index is 1.73. The average molecular weight is 379 g/mol. The number of carbonyl (C=O) groups excluding carboxylic acids is 1. The molecule has 3 heterocycles. The van der Waals surface area contributed by atoms with E-state index in [0.717, 1.165) is 11.4 Å². The number of nitrogens with two attached hydrogens (primary N) is 1. The van der Waals surface area contributed by atoms with Crippen molar-refractivity contribution in [2.24, 2.45) is 0 Å². The third-order valence-electron chi connectivity index (χ3n) is 3.74. The van der Waals surface area contributed by atoms with E-state index < -0.39 is 11.4 Å². The molecule has 0 saturated carbocycles. The lowest BCUT2D eigenvalue weighted by atomic mass is 10.2. The van der Waals surface area contributed by atoms with Crippen molar-refractivity contribution < 1.29 is 13.9 Å². The van der Waals surface area contributed by atoms with Crippen molar-refractivity contribution in [3.63, 3.8) is 0 Å². The summed E-state index contributed by atoms with van der Waals surface area (Å²) in [6.07, 6.45) is 4.33. The molecule has 1 unspecified atom stereocenters. The summed E-state index contributed by atoms with van der Waals surface area (Å²) in [7, 11) is 0. The molecule has 140 valence electrons. The van der Waals surface area contributed by atoms with Gasteiger partial charge in [-0.2, -0.15) is 0 Å². The number of halogens is 1. The molecule has 2 aromatic rings. The topological polar surface area (TPSA) is 86.3 Å². The van der Waals surface area contributed by atoms with E-state index in [9.17, 15) is 9.18 Å². The molecule has 2 N–H and O–H groups in total. The summed E-state index contributed by atoms with van der Waals surface area (Å²) in [5.74, 6) is 0.411. The second-order valence-corrected chi connectivity index (χ2v) is 8.38. The van der Waals surface area contributed by atoms with Gasteiger partial charge in [-0.05, 0) is 20.8 Å². The zero-order chi connectivity index (χ0) is 18.9. The van der Waals surface area contributed by atoms with E-state index in [1.807, 2.05) is 20.8 Å². The molecule has 26 heavy (non-hydrogen) atoms. The molecule has 0 spiro atoms. The molecule has 1 saturated heterocycles. The van der Waals surface area contributed by atoms with Crippen LogP contribution in [0.3, 0.4) is 0 Å². The lowest BCUT2D eigenvalue weighted by Gasteiger charge is -2.33. The fraction of sp³-hybridized carbons (Fsp3) is 0.471. The van der Waals surface area contributed by atoms with Gasteiger partial charge in [0.05, 0.1) is 22.8 Å². The highest BCUT2D eigenvalue weighted by atomic mass is 32.2. The van der Waals surface area contributed by atoms with Crippen molar-refractivity contribution in [3.8, 4) is 5.82 Å². The van der Waals surface area contributed by atoms with Gasteiger partial charge in [0.25, 0.3) is 0 Å². The third-order valence-corrected chi connectivity index (χ3v) is 4.95. The molecule has 7 nitrogen and oxygen atoms in total. The number of thioether (sulfide) groups is 1. The molecule has 0 aliphatic carbocycles. The number of hydrogen-bond acceptors (Lipinski definition) is 6. The zero-order valence-electron chi connectivity index (χ0n) is 15.0. The summed E-state index contributed by atoms with van der Waals surface area (Å²) < 4.78 is 21.0. The Morgan fingerprint density at radius 2 is 2.19 bits per heavy atom. The molecular formula is C17H22FN5O2S. The van der Waals surface area contributed by atoms with Crippen LogP contribution in [-0.4, -0.2) is 50.0 Å². The number of hydrogen-bond donors (Lipinski definition) is 1. The number of ether oxygens (including phenoxy) is 1. The van der Waals surface area contributed by atoms with Gasteiger partial charge >= 0.3 is 6.09 Å². The number of anilines is 1. The Morgan fingerprint density at radius 1 is 1.42 bits per heavy atom. The minimum atomic E-state index is -0.531. The predicted octanol–water partition coefficient (Wildman–Crippen LogP) is 3.01. The molecule has 1 atom stereocenters. The molecule has 9 heteroatoms. The molecular weight excluding hydrogens is 357 g/mol. The maximum atomic E-state index is 14.0. The van der Waals surface area contributed by atoms with Gasteiger partial charge in [-0.3, -0.25) is 4.57 Å². The van der Waals surface area contributed by atoms with E-state index in [-0.39, 0.29) is 22.8 Å². The predicted molar refractivity (Wildman–Crippen MR) is 98.7 cm³/mol. The van der Waals surface area contributed by atoms with Crippen LogP contribution in [0.15, 0.2) is 24.8 Å². The Morgan fingerprint density at radius 3 is 2.88 bits per heavy atom. The molecule has 3 rings (SSSR count). The quantitative estimate of drug-likeness (QED) is 0.863. The monoisotopic (exact) mass is 379 g/mol. The summed E-state index contributed by atoms with van der Waals surface area (Å²) in [4.78, 5) is 22.4. The number of carbonyl (C=O) groups is 1. The van der Waals surface area contributed by atoms with Gasteiger partial charge in [-0.1, -0.05) is 0 Å². The van der Waals surface area contributed by atoms with Crippen LogP contribution >= 0.6 is 11.8 Å². The van der Waals surface area contributed by atoms with Crippen molar-refractivity contribution in [2.45, 2.75) is 31.6 Å². The van der Waals surface area contributed by atoms with Gasteiger partial charge in [-0.25, -0.2) is 19.2 Å². The molecule has 0 bridgehead atoms. The van der Waals surface area contributed by atoms with Crippen molar-refractivity contribution >= 4 is 23.5 Å². The van der Waals surface area contributed by atoms with Gasteiger partial charge in [0.1, 0.15) is 11.9 Å². The van der Waals surface area contributed by atoms with Gasteiger partial charge in [0, 0.05) is 31.1 Å². The highest BCUT2D eigenvalue weighted by molar-refractivity contribution is 7.99.